The summed E-state index contributed by atoms with van der Waals surface area (Å²) in [4.78, 5) is 21.9. The molecule has 16 heavy (non-hydrogen) atoms. The summed E-state index contributed by atoms with van der Waals surface area (Å²) in [5.74, 6) is 0.145. The molecule has 0 aromatic heterocycles. The number of aliphatic hydroxyl groups excluding tert-OH is 1. The molecule has 1 aliphatic carbocycles. The number of alkyl halides is 1. The fraction of sp³-hybridized carbons (Fsp3) is 0.889. The molecule has 0 unspecified atom stereocenters. The van der Waals surface area contributed by atoms with Gasteiger partial charge in [-0.25, -0.2) is 4.79 Å². The van der Waals surface area contributed by atoms with Crippen LogP contribution in [0.2, 0.25) is 0 Å². The quantitative estimate of drug-likeness (QED) is 0.447. The minimum absolute atomic E-state index is 0.0692. The van der Waals surface area contributed by atoms with Crippen LogP contribution in [0.5, 0.6) is 0 Å². The summed E-state index contributed by atoms with van der Waals surface area (Å²) < 4.78 is 0. The Hall–Kier alpha value is -0.880. The van der Waals surface area contributed by atoms with Crippen LogP contribution in [0.25, 0.3) is 0 Å². The molecule has 0 aromatic carbocycles. The summed E-state index contributed by atoms with van der Waals surface area (Å²) in [6, 6.07) is -0.887. The van der Waals surface area contributed by atoms with Gasteiger partial charge in [0.25, 0.3) is 0 Å². The van der Waals surface area contributed by atoms with Crippen LogP contribution < -0.4 is 5.32 Å². The van der Waals surface area contributed by atoms with Crippen molar-refractivity contribution in [1.29, 1.82) is 0 Å². The number of nitrogens with one attached hydrogen (secondary N) is 1. The molecule has 2 N–H and O–H groups in total. The fourth-order valence-corrected chi connectivity index (χ4v) is 1.93. The van der Waals surface area contributed by atoms with E-state index >= 15 is 0 Å². The van der Waals surface area contributed by atoms with Crippen molar-refractivity contribution in [3.8, 4) is 0 Å². The Labute approximate surface area is 98.9 Å². The molecule has 0 bridgehead atoms. The van der Waals surface area contributed by atoms with E-state index in [0.717, 1.165) is 24.3 Å². The van der Waals surface area contributed by atoms with E-state index in [2.05, 4.69) is 10.6 Å². The van der Waals surface area contributed by atoms with E-state index in [-0.39, 0.29) is 18.5 Å². The first kappa shape index (κ1) is 13.2. The predicted octanol–water partition coefficient (Wildman–Crippen LogP) is 1.22. The lowest BCUT2D eigenvalue weighted by atomic mass is 9.93. The van der Waals surface area contributed by atoms with Crippen LogP contribution in [0.3, 0.4) is 0 Å². The molecule has 7 heteroatoms. The Morgan fingerprint density at radius 2 is 2.19 bits per heavy atom. The number of carbonyl (C=O) groups excluding carboxylic acids is 1. The number of aliphatic hydroxyl groups is 1. The van der Waals surface area contributed by atoms with E-state index in [0.29, 0.717) is 6.42 Å². The van der Waals surface area contributed by atoms with Crippen molar-refractivity contribution in [2.24, 2.45) is 5.29 Å². The summed E-state index contributed by atoms with van der Waals surface area (Å²) in [6.07, 6.45) is 2.79. The van der Waals surface area contributed by atoms with Crippen molar-refractivity contribution in [2.45, 2.75) is 37.8 Å². The smallest absolute Gasteiger partial charge is 0.340 e. The molecule has 0 aliphatic heterocycles. The molecule has 0 saturated heterocycles. The highest BCUT2D eigenvalue weighted by Crippen LogP contribution is 2.18. The zero-order chi connectivity index (χ0) is 12.0. The zero-order valence-electron chi connectivity index (χ0n) is 8.93. The van der Waals surface area contributed by atoms with Crippen molar-refractivity contribution < 1.29 is 9.90 Å². The molecule has 0 aromatic rings. The Bertz CT molecular complexity index is 252. The number of amides is 2. The molecule has 1 aliphatic rings. The lowest BCUT2D eigenvalue weighted by molar-refractivity contribution is 0.0901. The van der Waals surface area contributed by atoms with Gasteiger partial charge in [-0.1, -0.05) is 12.8 Å². The monoisotopic (exact) mass is 249 g/mol. The van der Waals surface area contributed by atoms with Gasteiger partial charge in [0.05, 0.1) is 24.0 Å². The Morgan fingerprint density at radius 1 is 1.50 bits per heavy atom. The zero-order valence-corrected chi connectivity index (χ0v) is 9.69. The third-order valence-corrected chi connectivity index (χ3v) is 2.84. The molecule has 6 nitrogen and oxygen atoms in total. The van der Waals surface area contributed by atoms with Crippen LogP contribution in [-0.4, -0.2) is 40.7 Å². The number of nitrogens with zero attached hydrogens (tertiary/aromatic N) is 2. The highest BCUT2D eigenvalue weighted by molar-refractivity contribution is 6.18. The maximum absolute atomic E-state index is 11.5. The van der Waals surface area contributed by atoms with Crippen molar-refractivity contribution in [3.05, 3.63) is 4.91 Å². The maximum atomic E-state index is 11.5. The number of nitroso groups, excluding NO2 is 1. The van der Waals surface area contributed by atoms with Crippen LogP contribution in [0.1, 0.15) is 25.7 Å². The molecule has 2 amide bonds. The van der Waals surface area contributed by atoms with Gasteiger partial charge in [0.1, 0.15) is 0 Å². The van der Waals surface area contributed by atoms with Gasteiger partial charge in [-0.2, -0.15) is 5.01 Å². The summed E-state index contributed by atoms with van der Waals surface area (Å²) in [5.41, 5.74) is 0. The average molecular weight is 250 g/mol. The number of rotatable bonds is 4. The minimum atomic E-state index is -0.596. The second-order valence-electron chi connectivity index (χ2n) is 3.80. The van der Waals surface area contributed by atoms with Gasteiger partial charge in [0.15, 0.2) is 0 Å². The van der Waals surface area contributed by atoms with E-state index in [9.17, 15) is 14.8 Å². The number of carbonyl (C=O) groups is 1. The Morgan fingerprint density at radius 3 is 2.75 bits per heavy atom. The standard InChI is InChI=1S/C9H16ClN3O3/c10-5-6-13(12-16)9(15)11-7-3-1-2-4-8(7)14/h7-8,14H,1-6H2,(H,11,15)/t7-,8-/m0/s1. The van der Waals surface area contributed by atoms with E-state index < -0.39 is 12.1 Å². The number of hydrogen-bond donors (Lipinski definition) is 2. The van der Waals surface area contributed by atoms with Crippen LogP contribution in [0.4, 0.5) is 4.79 Å². The number of halogens is 1. The van der Waals surface area contributed by atoms with Gasteiger partial charge in [-0.3, -0.25) is 0 Å². The largest absolute Gasteiger partial charge is 0.391 e. The van der Waals surface area contributed by atoms with E-state index in [1.807, 2.05) is 0 Å². The first-order valence-electron chi connectivity index (χ1n) is 5.34. The van der Waals surface area contributed by atoms with Gasteiger partial charge < -0.3 is 10.4 Å². The third-order valence-electron chi connectivity index (χ3n) is 2.67. The molecule has 1 saturated carbocycles. The van der Waals surface area contributed by atoms with Crippen molar-refractivity contribution in [1.82, 2.24) is 10.3 Å². The van der Waals surface area contributed by atoms with E-state index in [1.54, 1.807) is 0 Å². The summed E-state index contributed by atoms with van der Waals surface area (Å²) in [5, 5.41) is 15.5. The molecular formula is C9H16ClN3O3. The summed E-state index contributed by atoms with van der Waals surface area (Å²) >= 11 is 5.42. The van der Waals surface area contributed by atoms with Crippen molar-refractivity contribution >= 4 is 17.6 Å². The normalized spacial score (nSPS) is 24.9. The minimum Gasteiger partial charge on any atom is -0.391 e. The SMILES string of the molecule is O=NN(CCCl)C(=O)N[C@H]1CCCC[C@@H]1O. The Kier molecular flexibility index (Phi) is 5.48. The topological polar surface area (TPSA) is 82.0 Å². The predicted molar refractivity (Wildman–Crippen MR) is 60.0 cm³/mol. The molecular weight excluding hydrogens is 234 g/mol. The lowest BCUT2D eigenvalue weighted by Gasteiger charge is -2.29. The third kappa shape index (κ3) is 3.61. The molecule has 1 rings (SSSR count). The van der Waals surface area contributed by atoms with Crippen LogP contribution in [-0.2, 0) is 0 Å². The van der Waals surface area contributed by atoms with Crippen molar-refractivity contribution in [3.63, 3.8) is 0 Å². The van der Waals surface area contributed by atoms with Crippen molar-refractivity contribution in [2.75, 3.05) is 12.4 Å². The first-order valence-corrected chi connectivity index (χ1v) is 5.88. The maximum Gasteiger partial charge on any atom is 0.340 e. The molecule has 1 fully saturated rings. The second-order valence-corrected chi connectivity index (χ2v) is 4.18. The molecule has 0 spiro atoms. The Balaban J connectivity index is 2.44. The van der Waals surface area contributed by atoms with Gasteiger partial charge in [-0.05, 0) is 12.8 Å². The first-order chi connectivity index (χ1) is 7.69. The van der Waals surface area contributed by atoms with Gasteiger partial charge in [-0.15, -0.1) is 16.5 Å². The van der Waals surface area contributed by atoms with Crippen LogP contribution >= 0.6 is 11.6 Å². The average Bonchev–Trinajstić information content (AvgIpc) is 2.29. The highest BCUT2D eigenvalue weighted by atomic mass is 35.5. The second kappa shape index (κ2) is 6.65. The molecule has 0 heterocycles. The molecule has 92 valence electrons. The fourth-order valence-electron chi connectivity index (χ4n) is 1.77. The summed E-state index contributed by atoms with van der Waals surface area (Å²) in [7, 11) is 0. The summed E-state index contributed by atoms with van der Waals surface area (Å²) in [6.45, 7) is 0.0692. The van der Waals surface area contributed by atoms with E-state index in [1.165, 1.54) is 0 Å². The van der Waals surface area contributed by atoms with Gasteiger partial charge in [0.2, 0.25) is 0 Å². The number of hydrogen-bond acceptors (Lipinski definition) is 4. The van der Waals surface area contributed by atoms with Crippen LogP contribution in [0.15, 0.2) is 5.29 Å². The lowest BCUT2D eigenvalue weighted by Crippen LogP contribution is -2.49. The molecule has 2 atom stereocenters. The number of urea groups is 1. The highest BCUT2D eigenvalue weighted by Gasteiger charge is 2.26. The molecule has 0 radical (unpaired) electrons. The van der Waals surface area contributed by atoms with Gasteiger partial charge in [0, 0.05) is 5.88 Å². The van der Waals surface area contributed by atoms with Gasteiger partial charge >= 0.3 is 6.03 Å². The van der Waals surface area contributed by atoms with E-state index in [4.69, 9.17) is 11.6 Å². The van der Waals surface area contributed by atoms with Crippen LogP contribution in [0, 0.1) is 4.91 Å².